The number of carbonyl (C=O) groups excluding carboxylic acids is 3. The van der Waals surface area contributed by atoms with Crippen LogP contribution in [0.3, 0.4) is 0 Å². The number of hydrogen-bond donors (Lipinski definition) is 0. The molecule has 0 bridgehead atoms. The van der Waals surface area contributed by atoms with Gasteiger partial charge in [0.2, 0.25) is 0 Å². The molecule has 4 saturated carbocycles. The lowest BCUT2D eigenvalue weighted by molar-refractivity contribution is -0.210. The van der Waals surface area contributed by atoms with Gasteiger partial charge in [0.1, 0.15) is 6.10 Å². The summed E-state index contributed by atoms with van der Waals surface area (Å²) in [6.07, 6.45) is 15.7. The Hall–Kier alpha value is -2.09. The highest BCUT2D eigenvalue weighted by atomic mass is 16.5. The molecule has 0 N–H and O–H groups in total. The van der Waals surface area contributed by atoms with Crippen molar-refractivity contribution in [2.24, 2.45) is 50.2 Å². The van der Waals surface area contributed by atoms with E-state index in [2.05, 4.69) is 47.5 Å². The van der Waals surface area contributed by atoms with E-state index in [4.69, 9.17) is 15.9 Å². The summed E-state index contributed by atoms with van der Waals surface area (Å²) in [7, 11) is 0. The molecule has 0 aliphatic heterocycles. The van der Waals surface area contributed by atoms with Gasteiger partial charge in [-0.1, -0.05) is 53.0 Å². The molecule has 5 aliphatic rings. The highest BCUT2D eigenvalue weighted by molar-refractivity contribution is 5.95. The minimum absolute atomic E-state index is 0.00339. The molecule has 0 spiro atoms. The Bertz CT molecular complexity index is 1190. The van der Waals surface area contributed by atoms with Gasteiger partial charge in [0.15, 0.2) is 12.4 Å². The van der Waals surface area contributed by atoms with Crippen molar-refractivity contribution in [3.63, 3.8) is 0 Å². The summed E-state index contributed by atoms with van der Waals surface area (Å²) in [5.41, 5.74) is 0.145. The first-order valence-electron chi connectivity index (χ1n) is 15.5. The number of fused-ring (bicyclic) bond motifs is 7. The van der Waals surface area contributed by atoms with E-state index in [1.165, 1.54) is 12.5 Å². The third-order valence-corrected chi connectivity index (χ3v) is 13.6. The first-order valence-corrected chi connectivity index (χ1v) is 15.5. The van der Waals surface area contributed by atoms with Crippen LogP contribution in [0.5, 0.6) is 0 Å². The Morgan fingerprint density at radius 3 is 2.30 bits per heavy atom. The van der Waals surface area contributed by atoms with Gasteiger partial charge in [-0.2, -0.15) is 0 Å². The number of hydrogen-bond acceptors (Lipinski definition) is 5. The third-order valence-electron chi connectivity index (χ3n) is 13.6. The van der Waals surface area contributed by atoms with E-state index in [0.717, 1.165) is 51.4 Å². The average Bonchev–Trinajstić information content (AvgIpc) is 2.86. The van der Waals surface area contributed by atoms with E-state index in [-0.39, 0.29) is 69.3 Å². The smallest absolute Gasteiger partial charge is 0.312 e. The molecule has 0 amide bonds. The Morgan fingerprint density at radius 1 is 0.975 bits per heavy atom. The van der Waals surface area contributed by atoms with Gasteiger partial charge in [-0.25, -0.2) is 0 Å². The van der Waals surface area contributed by atoms with E-state index in [9.17, 15) is 14.4 Å². The first kappa shape index (κ1) is 29.4. The van der Waals surface area contributed by atoms with Gasteiger partial charge in [0.25, 0.3) is 0 Å². The lowest BCUT2D eigenvalue weighted by Gasteiger charge is -2.70. The topological polar surface area (TPSA) is 69.7 Å². The second-order valence-corrected chi connectivity index (χ2v) is 16.0. The van der Waals surface area contributed by atoms with Crippen molar-refractivity contribution >= 4 is 17.7 Å². The summed E-state index contributed by atoms with van der Waals surface area (Å²) < 4.78 is 11.3. The van der Waals surface area contributed by atoms with Crippen LogP contribution in [0, 0.1) is 62.6 Å². The molecule has 4 fully saturated rings. The van der Waals surface area contributed by atoms with Crippen LogP contribution in [-0.4, -0.2) is 30.4 Å². The van der Waals surface area contributed by atoms with E-state index >= 15 is 0 Å². The second-order valence-electron chi connectivity index (χ2n) is 16.0. The summed E-state index contributed by atoms with van der Waals surface area (Å²) in [6, 6.07) is 0. The number of ether oxygens (including phenoxy) is 2. The van der Waals surface area contributed by atoms with Crippen LogP contribution in [0.1, 0.15) is 113 Å². The minimum atomic E-state index is -0.594. The Morgan fingerprint density at radius 2 is 1.65 bits per heavy atom. The van der Waals surface area contributed by atoms with Gasteiger partial charge in [0.05, 0.1) is 5.41 Å². The molecule has 5 heteroatoms. The molecule has 220 valence electrons. The number of allylic oxidation sites excluding steroid dienone is 2. The van der Waals surface area contributed by atoms with Gasteiger partial charge in [0, 0.05) is 18.3 Å². The van der Waals surface area contributed by atoms with Crippen molar-refractivity contribution in [3.8, 4) is 12.3 Å². The highest BCUT2D eigenvalue weighted by Gasteiger charge is 2.70. The van der Waals surface area contributed by atoms with E-state index in [1.807, 2.05) is 13.0 Å². The minimum Gasteiger partial charge on any atom is -0.462 e. The van der Waals surface area contributed by atoms with Gasteiger partial charge >= 0.3 is 11.9 Å². The van der Waals surface area contributed by atoms with E-state index in [0.29, 0.717) is 12.3 Å². The maximum atomic E-state index is 14.5. The van der Waals surface area contributed by atoms with Gasteiger partial charge in [-0.15, -0.1) is 6.42 Å². The van der Waals surface area contributed by atoms with Crippen LogP contribution in [0.25, 0.3) is 0 Å². The predicted molar refractivity (Wildman–Crippen MR) is 155 cm³/mol. The lowest BCUT2D eigenvalue weighted by atomic mass is 9.33. The fourth-order valence-electron chi connectivity index (χ4n) is 11.0. The molecule has 0 aromatic rings. The zero-order valence-corrected chi connectivity index (χ0v) is 26.1. The van der Waals surface area contributed by atoms with Crippen molar-refractivity contribution in [3.05, 3.63) is 11.6 Å². The monoisotopic (exact) mass is 550 g/mol. The molecule has 0 saturated heterocycles. The van der Waals surface area contributed by atoms with Crippen LogP contribution in [-0.2, 0) is 23.9 Å². The van der Waals surface area contributed by atoms with E-state index < -0.39 is 5.41 Å². The van der Waals surface area contributed by atoms with Gasteiger partial charge in [-0.3, -0.25) is 14.4 Å². The van der Waals surface area contributed by atoms with Crippen LogP contribution in [0.4, 0.5) is 0 Å². The van der Waals surface area contributed by atoms with Crippen LogP contribution < -0.4 is 0 Å². The van der Waals surface area contributed by atoms with Crippen molar-refractivity contribution in [1.82, 2.24) is 0 Å². The number of terminal acetylenes is 1. The van der Waals surface area contributed by atoms with Gasteiger partial charge < -0.3 is 9.47 Å². The largest absolute Gasteiger partial charge is 0.462 e. The van der Waals surface area contributed by atoms with Crippen molar-refractivity contribution < 1.29 is 23.9 Å². The molecule has 0 radical (unpaired) electrons. The summed E-state index contributed by atoms with van der Waals surface area (Å²) in [5.74, 6) is 2.70. The zero-order chi connectivity index (χ0) is 29.5. The normalized spacial score (nSPS) is 47.3. The quantitative estimate of drug-likeness (QED) is 0.278. The molecule has 40 heavy (non-hydrogen) atoms. The number of carbonyl (C=O) groups is 3. The number of ketones is 1. The molecule has 0 heterocycles. The second kappa shape index (κ2) is 9.20. The Balaban J connectivity index is 1.54. The van der Waals surface area contributed by atoms with Gasteiger partial charge in [-0.05, 0) is 104 Å². The maximum absolute atomic E-state index is 14.5. The van der Waals surface area contributed by atoms with Crippen LogP contribution in [0.2, 0.25) is 0 Å². The SMILES string of the molecule is C#CCOC(=O)[C@]1(C)CC[C@]2(C)CC[C@]3(C)C(=CC(=O)[C@@H]4[C@]5(C)CC[C@H](OC(C)=O)C(C)(C)[C@@H]5CC[C@@]43C)[C@@H]2C1. The van der Waals surface area contributed by atoms with Crippen LogP contribution in [0.15, 0.2) is 11.6 Å². The van der Waals surface area contributed by atoms with E-state index in [1.54, 1.807) is 0 Å². The summed E-state index contributed by atoms with van der Waals surface area (Å²) in [4.78, 5) is 39.6. The summed E-state index contributed by atoms with van der Waals surface area (Å²) in [6.45, 7) is 17.6. The Labute approximate surface area is 241 Å². The fraction of sp³-hybridized carbons (Fsp3) is 0.800. The molecule has 0 aromatic heterocycles. The first-order chi connectivity index (χ1) is 18.5. The van der Waals surface area contributed by atoms with Crippen LogP contribution >= 0.6 is 0 Å². The molecule has 5 nitrogen and oxygen atoms in total. The highest BCUT2D eigenvalue weighted by Crippen LogP contribution is 2.75. The maximum Gasteiger partial charge on any atom is 0.312 e. The van der Waals surface area contributed by atoms with Crippen molar-refractivity contribution in [2.75, 3.05) is 6.61 Å². The number of esters is 2. The zero-order valence-electron chi connectivity index (χ0n) is 26.1. The molecule has 5 rings (SSSR count). The molecule has 0 unspecified atom stereocenters. The van der Waals surface area contributed by atoms with Crippen molar-refractivity contribution in [2.45, 2.75) is 119 Å². The molecular formula is C35H50O5. The molecule has 5 aliphatic carbocycles. The standard InChI is InChI=1S/C35H50O5/c1-10-19-39-29(38)32(6)16-15-31(5)17-18-34(8)23(24(31)21-32)20-25(37)28-33(7)13-12-27(40-22(2)36)30(3,4)26(33)11-14-35(28,34)9/h1,20,24,26-28H,11-19,21H2,2-9H3/t24-,26-,27-,28+,31+,32+,33+,34+,35-/m0/s1. The molecule has 9 atom stereocenters. The summed E-state index contributed by atoms with van der Waals surface area (Å²) >= 11 is 0. The lowest BCUT2D eigenvalue weighted by Crippen LogP contribution is -2.66. The fourth-order valence-corrected chi connectivity index (χ4v) is 11.0. The third kappa shape index (κ3) is 3.90. The van der Waals surface area contributed by atoms with Crippen molar-refractivity contribution in [1.29, 1.82) is 0 Å². The average molecular weight is 551 g/mol. The molecular weight excluding hydrogens is 500 g/mol. The summed E-state index contributed by atoms with van der Waals surface area (Å²) in [5, 5.41) is 0. The Kier molecular flexibility index (Phi) is 6.77. The predicted octanol–water partition coefficient (Wildman–Crippen LogP) is 7.08. The molecule has 0 aromatic carbocycles. The number of rotatable bonds is 3.